The molecule has 2 heterocycles. The third kappa shape index (κ3) is 4.78. The van der Waals surface area contributed by atoms with E-state index in [0.717, 1.165) is 36.3 Å². The van der Waals surface area contributed by atoms with Gasteiger partial charge in [-0.1, -0.05) is 36.7 Å². The number of carbonyl (C=O) groups excluding carboxylic acids is 2. The SMILES string of the molecule is CCN1CCc2nc3ccccc3c(C(=O)OCC(=O)Nc3cc(Cl)c(OC)cc3OC)c2C1. The molecular formula is C25H26ClN3O5. The highest BCUT2D eigenvalue weighted by Crippen LogP contribution is 2.36. The van der Waals surface area contributed by atoms with Crippen molar-refractivity contribution in [2.75, 3.05) is 39.2 Å². The average Bonchev–Trinajstić information content (AvgIpc) is 2.85. The van der Waals surface area contributed by atoms with Gasteiger partial charge in [-0.05, 0) is 18.7 Å². The van der Waals surface area contributed by atoms with E-state index in [9.17, 15) is 9.59 Å². The van der Waals surface area contributed by atoms with Crippen molar-refractivity contribution in [2.45, 2.75) is 19.9 Å². The minimum Gasteiger partial charge on any atom is -0.495 e. The van der Waals surface area contributed by atoms with Crippen LogP contribution in [0.3, 0.4) is 0 Å². The molecule has 0 fully saturated rings. The lowest BCUT2D eigenvalue weighted by Crippen LogP contribution is -2.32. The lowest BCUT2D eigenvalue weighted by Gasteiger charge is -2.28. The number of likely N-dealkylation sites (N-methyl/N-ethyl adjacent to an activating group) is 1. The van der Waals surface area contributed by atoms with E-state index in [2.05, 4.69) is 17.1 Å². The Kier molecular flexibility index (Phi) is 7.19. The van der Waals surface area contributed by atoms with E-state index in [1.807, 2.05) is 24.3 Å². The summed E-state index contributed by atoms with van der Waals surface area (Å²) in [6.07, 6.45) is 0.757. The third-order valence-corrected chi connectivity index (χ3v) is 6.15. The molecule has 1 aromatic heterocycles. The van der Waals surface area contributed by atoms with E-state index in [4.69, 9.17) is 30.8 Å². The molecule has 1 N–H and O–H groups in total. The van der Waals surface area contributed by atoms with Gasteiger partial charge >= 0.3 is 5.97 Å². The van der Waals surface area contributed by atoms with Crippen molar-refractivity contribution in [2.24, 2.45) is 0 Å². The number of aromatic nitrogens is 1. The molecule has 9 heteroatoms. The molecule has 4 rings (SSSR count). The number of ether oxygens (including phenoxy) is 3. The Labute approximate surface area is 202 Å². The van der Waals surface area contributed by atoms with E-state index in [-0.39, 0.29) is 0 Å². The van der Waals surface area contributed by atoms with E-state index in [0.29, 0.717) is 39.7 Å². The first-order valence-electron chi connectivity index (χ1n) is 11.0. The lowest BCUT2D eigenvalue weighted by atomic mass is 9.96. The molecule has 0 aliphatic carbocycles. The first-order chi connectivity index (χ1) is 16.4. The average molecular weight is 484 g/mol. The number of hydrogen-bond donors (Lipinski definition) is 1. The molecule has 0 atom stereocenters. The van der Waals surface area contributed by atoms with E-state index < -0.39 is 18.5 Å². The highest BCUT2D eigenvalue weighted by Gasteiger charge is 2.26. The van der Waals surface area contributed by atoms with Crippen molar-refractivity contribution in [1.29, 1.82) is 0 Å². The van der Waals surface area contributed by atoms with Gasteiger partial charge in [-0.3, -0.25) is 14.7 Å². The number of methoxy groups -OCH3 is 2. The topological polar surface area (TPSA) is 90.0 Å². The number of anilines is 1. The highest BCUT2D eigenvalue weighted by atomic mass is 35.5. The number of carbonyl (C=O) groups is 2. The molecule has 178 valence electrons. The normalized spacial score (nSPS) is 13.3. The maximum Gasteiger partial charge on any atom is 0.339 e. The van der Waals surface area contributed by atoms with Crippen LogP contribution in [-0.4, -0.2) is 55.7 Å². The molecule has 1 aliphatic rings. The summed E-state index contributed by atoms with van der Waals surface area (Å²) in [4.78, 5) is 32.8. The summed E-state index contributed by atoms with van der Waals surface area (Å²) < 4.78 is 15.9. The fraction of sp³-hybridized carbons (Fsp3) is 0.320. The lowest BCUT2D eigenvalue weighted by molar-refractivity contribution is -0.119. The van der Waals surface area contributed by atoms with Gasteiger partial charge in [0.05, 0.1) is 36.0 Å². The molecule has 34 heavy (non-hydrogen) atoms. The number of halogens is 1. The van der Waals surface area contributed by atoms with Crippen LogP contribution in [0.2, 0.25) is 5.02 Å². The van der Waals surface area contributed by atoms with Gasteiger partial charge in [0, 0.05) is 42.2 Å². The monoisotopic (exact) mass is 483 g/mol. The van der Waals surface area contributed by atoms with Crippen molar-refractivity contribution in [3.63, 3.8) is 0 Å². The Bertz CT molecular complexity index is 1250. The zero-order chi connectivity index (χ0) is 24.2. The van der Waals surface area contributed by atoms with Gasteiger partial charge in [0.2, 0.25) is 0 Å². The zero-order valence-corrected chi connectivity index (χ0v) is 20.1. The van der Waals surface area contributed by atoms with E-state index in [1.54, 1.807) is 6.07 Å². The van der Waals surface area contributed by atoms with Gasteiger partial charge in [-0.25, -0.2) is 4.79 Å². The minimum atomic E-state index is -0.553. The number of nitrogens with one attached hydrogen (secondary N) is 1. The standard InChI is InChI=1S/C25H26ClN3O5/c1-4-29-10-9-19-16(13-29)24(15-7-5-6-8-18(15)27-19)25(31)34-14-23(30)28-20-11-17(26)21(32-2)12-22(20)33-3/h5-8,11-12H,4,9-10,13-14H2,1-3H3,(H,28,30). The predicted octanol–water partition coefficient (Wildman–Crippen LogP) is 4.08. The Morgan fingerprint density at radius 2 is 1.91 bits per heavy atom. The third-order valence-electron chi connectivity index (χ3n) is 5.86. The maximum absolute atomic E-state index is 13.2. The fourth-order valence-electron chi connectivity index (χ4n) is 4.10. The first-order valence-corrected chi connectivity index (χ1v) is 11.3. The van der Waals surface area contributed by atoms with Crippen molar-refractivity contribution in [3.8, 4) is 11.5 Å². The van der Waals surface area contributed by atoms with Crippen molar-refractivity contribution in [1.82, 2.24) is 9.88 Å². The Hall–Kier alpha value is -3.36. The molecule has 0 bridgehead atoms. The summed E-state index contributed by atoms with van der Waals surface area (Å²) in [6.45, 7) is 3.99. The molecule has 8 nitrogen and oxygen atoms in total. The number of nitrogens with zero attached hydrogens (tertiary/aromatic N) is 2. The number of para-hydroxylation sites is 1. The van der Waals surface area contributed by atoms with Crippen LogP contribution in [0.1, 0.15) is 28.5 Å². The van der Waals surface area contributed by atoms with Crippen molar-refractivity contribution >= 4 is 40.1 Å². The summed E-state index contributed by atoms with van der Waals surface area (Å²) in [6, 6.07) is 10.6. The molecule has 0 unspecified atom stereocenters. The number of amides is 1. The summed E-state index contributed by atoms with van der Waals surface area (Å²) in [5, 5.41) is 3.70. The molecule has 0 saturated heterocycles. The van der Waals surface area contributed by atoms with Crippen molar-refractivity contribution in [3.05, 3.63) is 58.2 Å². The fourth-order valence-corrected chi connectivity index (χ4v) is 4.34. The van der Waals surface area contributed by atoms with Gasteiger partial charge in [-0.15, -0.1) is 0 Å². The summed E-state index contributed by atoms with van der Waals surface area (Å²) in [7, 11) is 2.95. The summed E-state index contributed by atoms with van der Waals surface area (Å²) in [5.41, 5.74) is 3.31. The Morgan fingerprint density at radius 1 is 1.15 bits per heavy atom. The maximum atomic E-state index is 13.2. The molecule has 1 aliphatic heterocycles. The minimum absolute atomic E-state index is 0.311. The molecule has 1 amide bonds. The number of fused-ring (bicyclic) bond motifs is 2. The Balaban J connectivity index is 1.55. The number of pyridine rings is 1. The van der Waals surface area contributed by atoms with Gasteiger partial charge < -0.3 is 19.5 Å². The van der Waals surface area contributed by atoms with Gasteiger partial charge in [0.25, 0.3) is 5.91 Å². The summed E-state index contributed by atoms with van der Waals surface area (Å²) >= 11 is 6.17. The Morgan fingerprint density at radius 3 is 2.65 bits per heavy atom. The van der Waals surface area contributed by atoms with Crippen LogP contribution in [0.4, 0.5) is 5.69 Å². The van der Waals surface area contributed by atoms with E-state index in [1.165, 1.54) is 20.3 Å². The van der Waals surface area contributed by atoms with Gasteiger partial charge in [-0.2, -0.15) is 0 Å². The smallest absolute Gasteiger partial charge is 0.339 e. The number of hydrogen-bond acceptors (Lipinski definition) is 7. The summed E-state index contributed by atoms with van der Waals surface area (Å²) in [5.74, 6) is -0.286. The predicted molar refractivity (Wildman–Crippen MR) is 130 cm³/mol. The zero-order valence-electron chi connectivity index (χ0n) is 19.3. The van der Waals surface area contributed by atoms with E-state index >= 15 is 0 Å². The molecule has 0 spiro atoms. The second-order valence-corrected chi connectivity index (χ2v) is 8.27. The number of benzene rings is 2. The van der Waals surface area contributed by atoms with Crippen LogP contribution in [0.5, 0.6) is 11.5 Å². The largest absolute Gasteiger partial charge is 0.495 e. The number of esters is 1. The second-order valence-electron chi connectivity index (χ2n) is 7.86. The quantitative estimate of drug-likeness (QED) is 0.506. The van der Waals surface area contributed by atoms with Crippen LogP contribution in [0, 0.1) is 0 Å². The van der Waals surface area contributed by atoms with Crippen LogP contribution >= 0.6 is 11.6 Å². The molecule has 0 saturated carbocycles. The second kappa shape index (κ2) is 10.3. The molecule has 3 aromatic rings. The molecule has 0 radical (unpaired) electrons. The highest BCUT2D eigenvalue weighted by molar-refractivity contribution is 6.32. The van der Waals surface area contributed by atoms with Crippen LogP contribution in [-0.2, 0) is 22.5 Å². The molecular weight excluding hydrogens is 458 g/mol. The molecule has 2 aromatic carbocycles. The van der Waals surface area contributed by atoms with Gasteiger partial charge in [0.15, 0.2) is 6.61 Å². The van der Waals surface area contributed by atoms with Crippen LogP contribution in [0.25, 0.3) is 10.9 Å². The van der Waals surface area contributed by atoms with Crippen LogP contribution in [0.15, 0.2) is 36.4 Å². The first kappa shape index (κ1) is 23.8. The van der Waals surface area contributed by atoms with Crippen molar-refractivity contribution < 1.29 is 23.8 Å². The van der Waals surface area contributed by atoms with Crippen LogP contribution < -0.4 is 14.8 Å². The van der Waals surface area contributed by atoms with Gasteiger partial charge in [0.1, 0.15) is 11.5 Å². The number of rotatable bonds is 7.